The van der Waals surface area contributed by atoms with Crippen LogP contribution in [0.1, 0.15) is 39.0 Å². The maximum atomic E-state index is 12.6. The van der Waals surface area contributed by atoms with Crippen LogP contribution in [0.15, 0.2) is 29.2 Å². The quantitative estimate of drug-likeness (QED) is 0.866. The van der Waals surface area contributed by atoms with Gasteiger partial charge < -0.3 is 10.6 Å². The number of benzene rings is 1. The Morgan fingerprint density at radius 3 is 2.26 bits per heavy atom. The average Bonchev–Trinajstić information content (AvgIpc) is 2.83. The molecule has 0 spiro atoms. The first-order valence-corrected chi connectivity index (χ1v) is 9.63. The van der Waals surface area contributed by atoms with E-state index in [-0.39, 0.29) is 10.9 Å². The summed E-state index contributed by atoms with van der Waals surface area (Å²) < 4.78 is 26.8. The van der Waals surface area contributed by atoms with Gasteiger partial charge in [0.15, 0.2) is 0 Å². The third-order valence-corrected chi connectivity index (χ3v) is 5.76. The van der Waals surface area contributed by atoms with E-state index in [1.54, 1.807) is 28.6 Å². The molecule has 2 rings (SSSR count). The van der Waals surface area contributed by atoms with Crippen molar-refractivity contribution in [1.29, 1.82) is 0 Å². The first-order chi connectivity index (χ1) is 11.0. The van der Waals surface area contributed by atoms with Crippen molar-refractivity contribution < 1.29 is 13.2 Å². The highest BCUT2D eigenvalue weighted by Crippen LogP contribution is 2.21. The lowest BCUT2D eigenvalue weighted by Crippen LogP contribution is -2.32. The van der Waals surface area contributed by atoms with Crippen molar-refractivity contribution in [1.82, 2.24) is 9.62 Å². The zero-order valence-electron chi connectivity index (χ0n) is 13.5. The first kappa shape index (κ1) is 17.7. The van der Waals surface area contributed by atoms with Gasteiger partial charge in [0, 0.05) is 25.3 Å². The molecule has 0 unspecified atom stereocenters. The molecule has 0 aromatic heterocycles. The van der Waals surface area contributed by atoms with Crippen LogP contribution < -0.4 is 10.6 Å². The number of sulfonamides is 1. The number of hydrogen-bond acceptors (Lipinski definition) is 3. The molecule has 0 atom stereocenters. The smallest absolute Gasteiger partial charge is 0.319 e. The van der Waals surface area contributed by atoms with Crippen molar-refractivity contribution >= 4 is 21.7 Å². The van der Waals surface area contributed by atoms with Gasteiger partial charge in [-0.2, -0.15) is 4.31 Å². The second-order valence-electron chi connectivity index (χ2n) is 5.72. The molecule has 1 fully saturated rings. The van der Waals surface area contributed by atoms with Gasteiger partial charge in [0.25, 0.3) is 0 Å². The Hall–Kier alpha value is -1.60. The van der Waals surface area contributed by atoms with Gasteiger partial charge >= 0.3 is 6.03 Å². The van der Waals surface area contributed by atoms with Gasteiger partial charge in [0.05, 0.1) is 4.90 Å². The summed E-state index contributed by atoms with van der Waals surface area (Å²) in [4.78, 5) is 11.9. The fourth-order valence-electron chi connectivity index (χ4n) is 2.56. The molecule has 23 heavy (non-hydrogen) atoms. The number of anilines is 1. The maximum absolute atomic E-state index is 12.6. The van der Waals surface area contributed by atoms with E-state index >= 15 is 0 Å². The highest BCUT2D eigenvalue weighted by atomic mass is 32.2. The molecule has 2 amide bonds. The van der Waals surface area contributed by atoms with Crippen LogP contribution in [0.25, 0.3) is 0 Å². The molecule has 0 bridgehead atoms. The van der Waals surface area contributed by atoms with Crippen LogP contribution in [0.2, 0.25) is 0 Å². The lowest BCUT2D eigenvalue weighted by Gasteiger charge is -2.20. The van der Waals surface area contributed by atoms with Gasteiger partial charge in [0.1, 0.15) is 0 Å². The molecule has 7 heteroatoms. The van der Waals surface area contributed by atoms with Crippen molar-refractivity contribution in [3.63, 3.8) is 0 Å². The average molecular weight is 339 g/mol. The van der Waals surface area contributed by atoms with Crippen molar-refractivity contribution in [2.75, 3.05) is 25.0 Å². The minimum absolute atomic E-state index is 0.277. The Bertz CT molecular complexity index is 606. The number of carbonyl (C=O) groups is 1. The standard InChI is InChI=1S/C16H25N3O3S/c1-2-11-17-16(20)18-14-7-9-15(10-8-14)23(21,22)19-12-5-3-4-6-13-19/h7-10H,2-6,11-13H2,1H3,(H2,17,18,20). The van der Waals surface area contributed by atoms with E-state index in [2.05, 4.69) is 10.6 Å². The topological polar surface area (TPSA) is 78.5 Å². The third-order valence-electron chi connectivity index (χ3n) is 3.85. The molecule has 0 saturated carbocycles. The van der Waals surface area contributed by atoms with Crippen molar-refractivity contribution in [2.45, 2.75) is 43.9 Å². The lowest BCUT2D eigenvalue weighted by atomic mass is 10.2. The van der Waals surface area contributed by atoms with Gasteiger partial charge in [-0.25, -0.2) is 13.2 Å². The number of hydrogen-bond donors (Lipinski definition) is 2. The monoisotopic (exact) mass is 339 g/mol. The van der Waals surface area contributed by atoms with Gasteiger partial charge in [-0.1, -0.05) is 19.8 Å². The zero-order valence-corrected chi connectivity index (χ0v) is 14.4. The molecule has 1 heterocycles. The van der Waals surface area contributed by atoms with Crippen LogP contribution in [0.5, 0.6) is 0 Å². The Morgan fingerprint density at radius 2 is 1.70 bits per heavy atom. The summed E-state index contributed by atoms with van der Waals surface area (Å²) in [5.74, 6) is 0. The van der Waals surface area contributed by atoms with Gasteiger partial charge in [-0.15, -0.1) is 0 Å². The predicted molar refractivity (Wildman–Crippen MR) is 91.0 cm³/mol. The molecule has 0 radical (unpaired) electrons. The van der Waals surface area contributed by atoms with E-state index < -0.39 is 10.0 Å². The molecule has 2 N–H and O–H groups in total. The molecule has 1 aliphatic heterocycles. The number of rotatable bonds is 5. The van der Waals surface area contributed by atoms with Crippen molar-refractivity contribution in [3.8, 4) is 0 Å². The predicted octanol–water partition coefficient (Wildman–Crippen LogP) is 2.78. The third kappa shape index (κ3) is 4.94. The summed E-state index contributed by atoms with van der Waals surface area (Å²) >= 11 is 0. The largest absolute Gasteiger partial charge is 0.338 e. The van der Waals surface area contributed by atoms with Gasteiger partial charge in [-0.3, -0.25) is 0 Å². The van der Waals surface area contributed by atoms with Crippen LogP contribution in [0.4, 0.5) is 10.5 Å². The number of carbonyl (C=O) groups excluding carboxylic acids is 1. The number of nitrogens with zero attached hydrogens (tertiary/aromatic N) is 1. The Balaban J connectivity index is 2.04. The molecule has 1 aromatic carbocycles. The summed E-state index contributed by atoms with van der Waals surface area (Å²) in [5, 5.41) is 5.39. The Kier molecular flexibility index (Phi) is 6.41. The van der Waals surface area contributed by atoms with Crippen molar-refractivity contribution in [3.05, 3.63) is 24.3 Å². The first-order valence-electron chi connectivity index (χ1n) is 8.19. The molecule has 128 valence electrons. The minimum atomic E-state index is -3.44. The van der Waals surface area contributed by atoms with Crippen LogP contribution in [0.3, 0.4) is 0 Å². The molecule has 1 saturated heterocycles. The number of nitrogens with one attached hydrogen (secondary N) is 2. The second-order valence-corrected chi connectivity index (χ2v) is 7.66. The molecule has 1 aromatic rings. The van der Waals surface area contributed by atoms with E-state index in [1.807, 2.05) is 6.92 Å². The summed E-state index contributed by atoms with van der Waals surface area (Å²) in [5.41, 5.74) is 0.577. The number of urea groups is 1. The summed E-state index contributed by atoms with van der Waals surface area (Å²) in [6.45, 7) is 3.75. The normalized spacial score (nSPS) is 16.6. The summed E-state index contributed by atoms with van der Waals surface area (Å²) in [6, 6.07) is 6.06. The minimum Gasteiger partial charge on any atom is -0.338 e. The highest BCUT2D eigenvalue weighted by molar-refractivity contribution is 7.89. The second kappa shape index (κ2) is 8.31. The fraction of sp³-hybridized carbons (Fsp3) is 0.562. The lowest BCUT2D eigenvalue weighted by molar-refractivity contribution is 0.252. The Morgan fingerprint density at radius 1 is 1.09 bits per heavy atom. The van der Waals surface area contributed by atoms with Gasteiger partial charge in [0.2, 0.25) is 10.0 Å². The summed E-state index contributed by atoms with van der Waals surface area (Å²) in [6.07, 6.45) is 4.86. The van der Waals surface area contributed by atoms with Gasteiger partial charge in [-0.05, 0) is 43.5 Å². The zero-order chi connectivity index (χ0) is 16.7. The van der Waals surface area contributed by atoms with E-state index in [0.717, 1.165) is 32.1 Å². The SMILES string of the molecule is CCCNC(=O)Nc1ccc(S(=O)(=O)N2CCCCCC2)cc1. The molecular weight excluding hydrogens is 314 g/mol. The highest BCUT2D eigenvalue weighted by Gasteiger charge is 2.24. The van der Waals surface area contributed by atoms with E-state index in [4.69, 9.17) is 0 Å². The molecule has 0 aliphatic carbocycles. The Labute approximate surface area is 138 Å². The van der Waals surface area contributed by atoms with Crippen LogP contribution in [0, 0.1) is 0 Å². The van der Waals surface area contributed by atoms with E-state index in [1.165, 1.54) is 0 Å². The molecule has 6 nitrogen and oxygen atoms in total. The van der Waals surface area contributed by atoms with E-state index in [9.17, 15) is 13.2 Å². The van der Waals surface area contributed by atoms with Crippen LogP contribution in [-0.2, 0) is 10.0 Å². The van der Waals surface area contributed by atoms with Crippen LogP contribution >= 0.6 is 0 Å². The van der Waals surface area contributed by atoms with Crippen LogP contribution in [-0.4, -0.2) is 38.4 Å². The van der Waals surface area contributed by atoms with E-state index in [0.29, 0.717) is 25.3 Å². The maximum Gasteiger partial charge on any atom is 0.319 e. The van der Waals surface area contributed by atoms with Crippen molar-refractivity contribution in [2.24, 2.45) is 0 Å². The fourth-order valence-corrected chi connectivity index (χ4v) is 4.07. The molecular formula is C16H25N3O3S. The molecule has 1 aliphatic rings. The number of amides is 2. The summed E-state index contributed by atoms with van der Waals surface area (Å²) in [7, 11) is -3.44.